The summed E-state index contributed by atoms with van der Waals surface area (Å²) in [7, 11) is 1.70. The number of hydrogen-bond acceptors (Lipinski definition) is 6. The molecule has 7 nitrogen and oxygen atoms in total. The van der Waals surface area contributed by atoms with Crippen LogP contribution in [-0.2, 0) is 0 Å². The lowest BCUT2D eigenvalue weighted by Crippen LogP contribution is -2.14. The molecule has 0 atom stereocenters. The van der Waals surface area contributed by atoms with E-state index in [1.807, 2.05) is 0 Å². The molecule has 82 valence electrons. The van der Waals surface area contributed by atoms with Crippen LogP contribution in [0.4, 0.5) is 11.5 Å². The van der Waals surface area contributed by atoms with Gasteiger partial charge in [0.1, 0.15) is 23.5 Å². The molecule has 0 radical (unpaired) electrons. The quantitative estimate of drug-likeness (QED) is 0.791. The van der Waals surface area contributed by atoms with Gasteiger partial charge in [0.05, 0.1) is 18.6 Å². The molecule has 7 heteroatoms. The molecule has 16 heavy (non-hydrogen) atoms. The van der Waals surface area contributed by atoms with E-state index < -0.39 is 0 Å². The molecular weight excluding hydrogens is 210 g/mol. The van der Waals surface area contributed by atoms with Crippen LogP contribution >= 0.6 is 0 Å². The van der Waals surface area contributed by atoms with Gasteiger partial charge in [-0.1, -0.05) is 5.16 Å². The Balaban J connectivity index is 2.14. The van der Waals surface area contributed by atoms with Crippen LogP contribution in [0.2, 0.25) is 0 Å². The zero-order valence-electron chi connectivity index (χ0n) is 8.47. The molecule has 2 heterocycles. The Morgan fingerprint density at radius 1 is 1.38 bits per heavy atom. The van der Waals surface area contributed by atoms with Crippen molar-refractivity contribution >= 4 is 17.4 Å². The summed E-state index contributed by atoms with van der Waals surface area (Å²) in [4.78, 5) is 19.6. The predicted molar refractivity (Wildman–Crippen MR) is 56.0 cm³/mol. The van der Waals surface area contributed by atoms with Gasteiger partial charge in [-0.3, -0.25) is 9.78 Å². The van der Waals surface area contributed by atoms with Crippen molar-refractivity contribution in [1.82, 2.24) is 15.1 Å². The number of carbonyl (C=O) groups excluding carboxylic acids is 1. The van der Waals surface area contributed by atoms with Gasteiger partial charge in [0, 0.05) is 7.05 Å². The van der Waals surface area contributed by atoms with Gasteiger partial charge in [-0.25, -0.2) is 4.98 Å². The Bertz CT molecular complexity index is 482. The average Bonchev–Trinajstić information content (AvgIpc) is 2.82. The van der Waals surface area contributed by atoms with Gasteiger partial charge in [0.2, 0.25) is 0 Å². The molecular formula is C9H9N5O2. The van der Waals surface area contributed by atoms with Crippen molar-refractivity contribution in [3.8, 4) is 0 Å². The van der Waals surface area contributed by atoms with Gasteiger partial charge in [0.15, 0.2) is 0 Å². The molecule has 0 aliphatic heterocycles. The first-order chi connectivity index (χ1) is 7.79. The summed E-state index contributed by atoms with van der Waals surface area (Å²) in [5.74, 6) is 0.158. The van der Waals surface area contributed by atoms with Crippen molar-refractivity contribution in [3.05, 3.63) is 30.5 Å². The van der Waals surface area contributed by atoms with Crippen LogP contribution < -0.4 is 10.6 Å². The standard InChI is InChI=1S/C9H9N5O2/c1-10-8-4-11-3-7(14-8)9(15)13-6-2-12-16-5-6/h2-5H,1H3,(H,10,14)(H,13,15). The third-order valence-electron chi connectivity index (χ3n) is 1.81. The summed E-state index contributed by atoms with van der Waals surface area (Å²) in [6.07, 6.45) is 5.63. The fourth-order valence-corrected chi connectivity index (χ4v) is 1.06. The molecule has 0 aliphatic carbocycles. The third kappa shape index (κ3) is 2.14. The summed E-state index contributed by atoms with van der Waals surface area (Å²) < 4.78 is 4.58. The van der Waals surface area contributed by atoms with Crippen LogP contribution in [0.3, 0.4) is 0 Å². The molecule has 0 aliphatic rings. The minimum Gasteiger partial charge on any atom is -0.372 e. The first-order valence-corrected chi connectivity index (χ1v) is 4.50. The second-order valence-corrected chi connectivity index (χ2v) is 2.91. The van der Waals surface area contributed by atoms with Gasteiger partial charge in [0.25, 0.3) is 5.91 Å². The highest BCUT2D eigenvalue weighted by molar-refractivity contribution is 6.02. The molecule has 0 saturated heterocycles. The van der Waals surface area contributed by atoms with Gasteiger partial charge >= 0.3 is 0 Å². The van der Waals surface area contributed by atoms with Gasteiger partial charge < -0.3 is 15.2 Å². The topological polar surface area (TPSA) is 92.9 Å². The maximum absolute atomic E-state index is 11.7. The van der Waals surface area contributed by atoms with Crippen LogP contribution in [0.25, 0.3) is 0 Å². The van der Waals surface area contributed by atoms with Crippen molar-refractivity contribution in [2.24, 2.45) is 0 Å². The molecule has 2 aromatic rings. The number of anilines is 2. The Hall–Kier alpha value is -2.44. The monoisotopic (exact) mass is 219 g/mol. The summed E-state index contributed by atoms with van der Waals surface area (Å²) in [6.45, 7) is 0. The molecule has 0 bridgehead atoms. The molecule has 0 spiro atoms. The highest BCUT2D eigenvalue weighted by atomic mass is 16.5. The van der Waals surface area contributed by atoms with E-state index in [2.05, 4.69) is 30.3 Å². The fourth-order valence-electron chi connectivity index (χ4n) is 1.06. The number of carbonyl (C=O) groups is 1. The third-order valence-corrected chi connectivity index (χ3v) is 1.81. The predicted octanol–water partition coefficient (Wildman–Crippen LogP) is 0.759. The summed E-state index contributed by atoms with van der Waals surface area (Å²) in [5, 5.41) is 8.83. The van der Waals surface area contributed by atoms with Crippen molar-refractivity contribution < 1.29 is 9.32 Å². The number of aromatic nitrogens is 3. The number of rotatable bonds is 3. The summed E-state index contributed by atoms with van der Waals surface area (Å²) in [5.41, 5.74) is 0.690. The van der Waals surface area contributed by atoms with Gasteiger partial charge in [-0.2, -0.15) is 0 Å². The number of hydrogen-bond donors (Lipinski definition) is 2. The van der Waals surface area contributed by atoms with Crippen molar-refractivity contribution in [3.63, 3.8) is 0 Å². The van der Waals surface area contributed by atoms with E-state index in [9.17, 15) is 4.79 Å². The Morgan fingerprint density at radius 2 is 2.25 bits per heavy atom. The lowest BCUT2D eigenvalue weighted by atomic mass is 10.4. The van der Waals surface area contributed by atoms with E-state index >= 15 is 0 Å². The normalized spacial score (nSPS) is 9.81. The molecule has 0 aromatic carbocycles. The molecule has 1 amide bonds. The minimum atomic E-state index is -0.368. The molecule has 2 N–H and O–H groups in total. The minimum absolute atomic E-state index is 0.216. The van der Waals surface area contributed by atoms with Gasteiger partial charge in [-0.15, -0.1) is 0 Å². The smallest absolute Gasteiger partial charge is 0.276 e. The van der Waals surface area contributed by atoms with Crippen molar-refractivity contribution in [1.29, 1.82) is 0 Å². The highest BCUT2D eigenvalue weighted by Gasteiger charge is 2.09. The highest BCUT2D eigenvalue weighted by Crippen LogP contribution is 2.07. The van der Waals surface area contributed by atoms with E-state index in [0.29, 0.717) is 11.5 Å². The van der Waals surface area contributed by atoms with Crippen molar-refractivity contribution in [2.45, 2.75) is 0 Å². The first kappa shape index (κ1) is 10.1. The zero-order valence-corrected chi connectivity index (χ0v) is 8.47. The molecule has 2 rings (SSSR count). The lowest BCUT2D eigenvalue weighted by molar-refractivity contribution is 0.102. The van der Waals surface area contributed by atoms with Gasteiger partial charge in [-0.05, 0) is 0 Å². The first-order valence-electron chi connectivity index (χ1n) is 4.50. The van der Waals surface area contributed by atoms with E-state index in [1.165, 1.54) is 24.9 Å². The van der Waals surface area contributed by atoms with E-state index in [0.717, 1.165) is 0 Å². The van der Waals surface area contributed by atoms with E-state index in [-0.39, 0.29) is 11.6 Å². The zero-order chi connectivity index (χ0) is 11.4. The van der Waals surface area contributed by atoms with Crippen LogP contribution in [0.15, 0.2) is 29.4 Å². The van der Waals surface area contributed by atoms with Crippen LogP contribution in [0.5, 0.6) is 0 Å². The number of nitrogens with zero attached hydrogens (tertiary/aromatic N) is 3. The SMILES string of the molecule is CNc1cncc(C(=O)Nc2cnoc2)n1. The second-order valence-electron chi connectivity index (χ2n) is 2.91. The largest absolute Gasteiger partial charge is 0.372 e. The summed E-state index contributed by atoms with van der Waals surface area (Å²) >= 11 is 0. The molecule has 0 unspecified atom stereocenters. The van der Waals surface area contributed by atoms with Crippen LogP contribution in [0.1, 0.15) is 10.5 Å². The Labute approximate surface area is 90.9 Å². The second kappa shape index (κ2) is 4.39. The molecule has 0 fully saturated rings. The maximum Gasteiger partial charge on any atom is 0.276 e. The average molecular weight is 219 g/mol. The maximum atomic E-state index is 11.7. The van der Waals surface area contributed by atoms with Crippen LogP contribution in [-0.4, -0.2) is 28.1 Å². The number of nitrogens with one attached hydrogen (secondary N) is 2. The summed E-state index contributed by atoms with van der Waals surface area (Å²) in [6, 6.07) is 0. The van der Waals surface area contributed by atoms with Crippen LogP contribution in [0, 0.1) is 0 Å². The van der Waals surface area contributed by atoms with E-state index in [4.69, 9.17) is 0 Å². The van der Waals surface area contributed by atoms with E-state index in [1.54, 1.807) is 7.05 Å². The molecule has 0 saturated carbocycles. The Morgan fingerprint density at radius 3 is 2.94 bits per heavy atom. The molecule has 2 aromatic heterocycles. The Kier molecular flexibility index (Phi) is 2.77. The number of amides is 1. The lowest BCUT2D eigenvalue weighted by Gasteiger charge is -2.02. The van der Waals surface area contributed by atoms with Crippen molar-refractivity contribution in [2.75, 3.05) is 17.7 Å². The fraction of sp³-hybridized carbons (Fsp3) is 0.111.